The van der Waals surface area contributed by atoms with E-state index in [4.69, 9.17) is 9.26 Å². The van der Waals surface area contributed by atoms with Crippen LogP contribution in [0.2, 0.25) is 0 Å². The predicted molar refractivity (Wildman–Crippen MR) is 103 cm³/mol. The Morgan fingerprint density at radius 2 is 2.04 bits per heavy atom. The zero-order valence-corrected chi connectivity index (χ0v) is 16.4. The molecular weight excluding hydrogens is 344 g/mol. The van der Waals surface area contributed by atoms with Gasteiger partial charge in [-0.05, 0) is 44.2 Å². The van der Waals surface area contributed by atoms with Crippen LogP contribution in [0.25, 0.3) is 0 Å². The largest absolute Gasteiger partial charge is 0.493 e. The molecule has 0 N–H and O–H groups in total. The Kier molecular flexibility index (Phi) is 6.32. The molecule has 27 heavy (non-hydrogen) atoms. The molecule has 1 fully saturated rings. The number of piperidine rings is 1. The number of aryl methyl sites for hydroxylation is 1. The van der Waals surface area contributed by atoms with Gasteiger partial charge in [0.1, 0.15) is 5.75 Å². The van der Waals surface area contributed by atoms with Crippen LogP contribution in [0.15, 0.2) is 28.8 Å². The van der Waals surface area contributed by atoms with Gasteiger partial charge in [-0.2, -0.15) is 4.98 Å². The third kappa shape index (κ3) is 4.78. The van der Waals surface area contributed by atoms with Crippen molar-refractivity contribution in [3.05, 3.63) is 35.7 Å². The number of likely N-dealkylation sites (tertiary alicyclic amines) is 1. The molecule has 0 aliphatic carbocycles. The minimum atomic E-state index is 0.0614. The van der Waals surface area contributed by atoms with Crippen LogP contribution >= 0.6 is 0 Å². The molecule has 1 aliphatic heterocycles. The summed E-state index contributed by atoms with van der Waals surface area (Å²) in [7, 11) is 3.77. The van der Waals surface area contributed by atoms with Crippen molar-refractivity contribution in [2.75, 3.05) is 38.7 Å². The molecule has 1 aliphatic rings. The summed E-state index contributed by atoms with van der Waals surface area (Å²) in [4.78, 5) is 21.0. The van der Waals surface area contributed by atoms with Gasteiger partial charge in [-0.1, -0.05) is 17.3 Å². The summed E-state index contributed by atoms with van der Waals surface area (Å²) in [5.41, 5.74) is 0.654. The topological polar surface area (TPSA) is 71.7 Å². The zero-order valence-electron chi connectivity index (χ0n) is 16.4. The van der Waals surface area contributed by atoms with Crippen LogP contribution in [-0.2, 0) is 6.42 Å². The maximum atomic E-state index is 12.9. The van der Waals surface area contributed by atoms with Crippen LogP contribution in [0.3, 0.4) is 0 Å². The lowest BCUT2D eigenvalue weighted by Crippen LogP contribution is -2.38. The Morgan fingerprint density at radius 3 is 2.70 bits per heavy atom. The molecule has 0 radical (unpaired) electrons. The van der Waals surface area contributed by atoms with Gasteiger partial charge in [0.2, 0.25) is 0 Å². The smallest absolute Gasteiger partial charge is 0.323 e. The summed E-state index contributed by atoms with van der Waals surface area (Å²) in [6, 6.07) is 8.02. The summed E-state index contributed by atoms with van der Waals surface area (Å²) >= 11 is 0. The molecule has 146 valence electrons. The highest BCUT2D eigenvalue weighted by molar-refractivity contribution is 5.97. The van der Waals surface area contributed by atoms with Crippen molar-refractivity contribution in [3.63, 3.8) is 0 Å². The van der Waals surface area contributed by atoms with Gasteiger partial charge >= 0.3 is 6.01 Å². The van der Waals surface area contributed by atoms with Crippen LogP contribution in [-0.4, -0.2) is 54.7 Å². The maximum Gasteiger partial charge on any atom is 0.323 e. The third-order valence-electron chi connectivity index (χ3n) is 4.94. The monoisotopic (exact) mass is 372 g/mol. The van der Waals surface area contributed by atoms with Crippen molar-refractivity contribution in [2.24, 2.45) is 5.92 Å². The highest BCUT2D eigenvalue weighted by atomic mass is 16.5. The van der Waals surface area contributed by atoms with E-state index in [1.54, 1.807) is 4.90 Å². The second kappa shape index (κ2) is 8.88. The first-order valence-corrected chi connectivity index (χ1v) is 9.59. The molecule has 3 rings (SSSR count). The van der Waals surface area contributed by atoms with Gasteiger partial charge in [-0.25, -0.2) is 0 Å². The van der Waals surface area contributed by atoms with Crippen LogP contribution in [0.4, 0.5) is 6.01 Å². The minimum Gasteiger partial charge on any atom is -0.493 e. The lowest BCUT2D eigenvalue weighted by Gasteiger charge is -2.32. The first-order chi connectivity index (χ1) is 13.1. The molecule has 2 heterocycles. The van der Waals surface area contributed by atoms with E-state index in [0.717, 1.165) is 44.6 Å². The molecule has 1 saturated heterocycles. The number of anilines is 1. The second-order valence-corrected chi connectivity index (χ2v) is 7.09. The number of carbonyl (C=O) groups is 1. The minimum absolute atomic E-state index is 0.0614. The van der Waals surface area contributed by atoms with Gasteiger partial charge in [0, 0.05) is 33.6 Å². The first kappa shape index (κ1) is 19.2. The van der Waals surface area contributed by atoms with E-state index in [1.165, 1.54) is 0 Å². The van der Waals surface area contributed by atoms with Gasteiger partial charge in [0.15, 0.2) is 5.82 Å². The molecule has 7 nitrogen and oxygen atoms in total. The maximum absolute atomic E-state index is 12.9. The number of hydrogen-bond donors (Lipinski definition) is 0. The Morgan fingerprint density at radius 1 is 1.30 bits per heavy atom. The summed E-state index contributed by atoms with van der Waals surface area (Å²) in [6.45, 7) is 4.04. The van der Waals surface area contributed by atoms with Crippen molar-refractivity contribution >= 4 is 11.9 Å². The van der Waals surface area contributed by atoms with Gasteiger partial charge < -0.3 is 19.1 Å². The van der Waals surface area contributed by atoms with Crippen molar-refractivity contribution < 1.29 is 14.1 Å². The molecule has 0 unspecified atom stereocenters. The van der Waals surface area contributed by atoms with E-state index in [9.17, 15) is 4.79 Å². The number of hydrogen-bond acceptors (Lipinski definition) is 6. The average molecular weight is 372 g/mol. The van der Waals surface area contributed by atoms with Crippen LogP contribution in [0, 0.1) is 5.92 Å². The fourth-order valence-electron chi connectivity index (χ4n) is 3.38. The third-order valence-corrected chi connectivity index (χ3v) is 4.94. The number of rotatable bonds is 7. The van der Waals surface area contributed by atoms with Gasteiger partial charge in [-0.3, -0.25) is 4.79 Å². The summed E-state index contributed by atoms with van der Waals surface area (Å²) in [5.74, 6) is 2.06. The second-order valence-electron chi connectivity index (χ2n) is 7.09. The Labute approximate surface area is 160 Å². The summed E-state index contributed by atoms with van der Waals surface area (Å²) < 4.78 is 10.8. The Hall–Kier alpha value is -2.57. The number of amides is 1. The van der Waals surface area contributed by atoms with Crippen LogP contribution < -0.4 is 9.64 Å². The molecule has 7 heteroatoms. The number of para-hydroxylation sites is 1. The number of carbonyl (C=O) groups excluding carboxylic acids is 1. The fourth-order valence-corrected chi connectivity index (χ4v) is 3.38. The van der Waals surface area contributed by atoms with Crippen molar-refractivity contribution in [3.8, 4) is 5.75 Å². The summed E-state index contributed by atoms with van der Waals surface area (Å²) in [5, 5.41) is 4.03. The molecule has 0 spiro atoms. The Balaban J connectivity index is 1.50. The SMILES string of the molecule is CCOc1ccccc1C(=O)N1CCC(CCc2noc(N(C)C)n2)CC1. The molecule has 2 aromatic rings. The number of nitrogens with zero attached hydrogens (tertiary/aromatic N) is 4. The zero-order chi connectivity index (χ0) is 19.2. The van der Waals surface area contributed by atoms with Gasteiger partial charge in [-0.15, -0.1) is 0 Å². The van der Waals surface area contributed by atoms with E-state index >= 15 is 0 Å². The first-order valence-electron chi connectivity index (χ1n) is 9.59. The highest BCUT2D eigenvalue weighted by Crippen LogP contribution is 2.26. The molecule has 0 saturated carbocycles. The standard InChI is InChI=1S/C20H28N4O3/c1-4-26-17-8-6-5-7-16(17)19(25)24-13-11-15(12-14-24)9-10-18-21-20(23(2)3)27-22-18/h5-8,15H,4,9-14H2,1-3H3. The van der Waals surface area contributed by atoms with Crippen molar-refractivity contribution in [1.29, 1.82) is 0 Å². The molecule has 0 atom stereocenters. The van der Waals surface area contributed by atoms with Gasteiger partial charge in [0.05, 0.1) is 12.2 Å². The predicted octanol–water partition coefficient (Wildman–Crippen LogP) is 3.02. The molecule has 1 amide bonds. The summed E-state index contributed by atoms with van der Waals surface area (Å²) in [6.07, 6.45) is 3.83. The van der Waals surface area contributed by atoms with E-state index in [1.807, 2.05) is 50.2 Å². The molecule has 0 bridgehead atoms. The highest BCUT2D eigenvalue weighted by Gasteiger charge is 2.25. The van der Waals surface area contributed by atoms with Crippen LogP contribution in [0.1, 0.15) is 42.4 Å². The quantitative estimate of drug-likeness (QED) is 0.744. The normalized spacial score (nSPS) is 15.0. The fraction of sp³-hybridized carbons (Fsp3) is 0.550. The van der Waals surface area contributed by atoms with E-state index in [-0.39, 0.29) is 5.91 Å². The van der Waals surface area contributed by atoms with Crippen molar-refractivity contribution in [1.82, 2.24) is 15.0 Å². The molecular formula is C20H28N4O3. The van der Waals surface area contributed by atoms with Crippen molar-refractivity contribution in [2.45, 2.75) is 32.6 Å². The van der Waals surface area contributed by atoms with Gasteiger partial charge in [0.25, 0.3) is 5.91 Å². The van der Waals surface area contributed by atoms with E-state index in [0.29, 0.717) is 29.9 Å². The Bertz CT molecular complexity index is 751. The average Bonchev–Trinajstić information content (AvgIpc) is 3.16. The lowest BCUT2D eigenvalue weighted by atomic mass is 9.91. The lowest BCUT2D eigenvalue weighted by molar-refractivity contribution is 0.0682. The number of benzene rings is 1. The molecule has 1 aromatic carbocycles. The molecule has 1 aromatic heterocycles. The number of ether oxygens (including phenoxy) is 1. The number of aromatic nitrogens is 2. The van der Waals surface area contributed by atoms with Crippen LogP contribution in [0.5, 0.6) is 5.75 Å². The van der Waals surface area contributed by atoms with E-state index < -0.39 is 0 Å². The van der Waals surface area contributed by atoms with E-state index in [2.05, 4.69) is 10.1 Å².